The number of ether oxygens (including phenoxy) is 1. The molecular formula is C9H10OS. The van der Waals surface area contributed by atoms with Gasteiger partial charge in [-0.2, -0.15) is 0 Å². The predicted molar refractivity (Wildman–Crippen MR) is 47.6 cm³/mol. The first-order chi connectivity index (χ1) is 5.40. The number of hydrogen-bond donors (Lipinski definition) is 0. The molecule has 2 heteroatoms. The summed E-state index contributed by atoms with van der Waals surface area (Å²) in [7, 11) is 1.74. The highest BCUT2D eigenvalue weighted by atomic mass is 32.1. The van der Waals surface area contributed by atoms with Crippen molar-refractivity contribution in [2.75, 3.05) is 7.11 Å². The first-order valence-electron chi connectivity index (χ1n) is 3.71. The Bertz CT molecular complexity index is 286. The van der Waals surface area contributed by atoms with Gasteiger partial charge < -0.3 is 4.74 Å². The van der Waals surface area contributed by atoms with Crippen LogP contribution in [0.5, 0.6) is 0 Å². The predicted octanol–water partition coefficient (Wildman–Crippen LogP) is 2.68. The molecule has 0 aliphatic heterocycles. The second-order valence-corrected chi connectivity index (χ2v) is 3.61. The number of methoxy groups -OCH3 is 1. The lowest BCUT2D eigenvalue weighted by molar-refractivity contribution is 0.280. The summed E-state index contributed by atoms with van der Waals surface area (Å²) in [6, 6.07) is 2.15. The van der Waals surface area contributed by atoms with Crippen molar-refractivity contribution in [2.45, 2.75) is 12.8 Å². The zero-order valence-electron chi connectivity index (χ0n) is 6.46. The van der Waals surface area contributed by atoms with Crippen molar-refractivity contribution in [3.8, 4) is 0 Å². The van der Waals surface area contributed by atoms with Gasteiger partial charge in [-0.15, -0.1) is 11.3 Å². The van der Waals surface area contributed by atoms with E-state index in [2.05, 4.69) is 17.5 Å². The lowest BCUT2D eigenvalue weighted by Crippen LogP contribution is -1.96. The third-order valence-corrected chi connectivity index (χ3v) is 2.95. The van der Waals surface area contributed by atoms with E-state index in [0.717, 1.165) is 18.6 Å². The van der Waals surface area contributed by atoms with Crippen LogP contribution in [0.1, 0.15) is 16.9 Å². The summed E-state index contributed by atoms with van der Waals surface area (Å²) in [6.45, 7) is 0. The van der Waals surface area contributed by atoms with E-state index >= 15 is 0 Å². The zero-order valence-corrected chi connectivity index (χ0v) is 7.28. The van der Waals surface area contributed by atoms with Crippen molar-refractivity contribution in [2.24, 2.45) is 0 Å². The van der Waals surface area contributed by atoms with Crippen LogP contribution < -0.4 is 0 Å². The van der Waals surface area contributed by atoms with E-state index in [4.69, 9.17) is 4.74 Å². The van der Waals surface area contributed by atoms with Gasteiger partial charge in [0.05, 0.1) is 12.9 Å². The highest BCUT2D eigenvalue weighted by molar-refractivity contribution is 7.10. The van der Waals surface area contributed by atoms with Crippen LogP contribution >= 0.6 is 11.3 Å². The molecule has 1 aromatic heterocycles. The van der Waals surface area contributed by atoms with E-state index in [-0.39, 0.29) is 0 Å². The molecule has 2 rings (SSSR count). The smallest absolute Gasteiger partial charge is 0.0965 e. The molecule has 0 N–H and O–H groups in total. The Morgan fingerprint density at radius 2 is 2.36 bits per heavy atom. The zero-order chi connectivity index (χ0) is 7.68. The van der Waals surface area contributed by atoms with Gasteiger partial charge in [-0.3, -0.25) is 0 Å². The summed E-state index contributed by atoms with van der Waals surface area (Å²) in [4.78, 5) is 1.49. The molecule has 0 saturated heterocycles. The summed E-state index contributed by atoms with van der Waals surface area (Å²) >= 11 is 1.84. The molecule has 0 spiro atoms. The maximum Gasteiger partial charge on any atom is 0.0965 e. The summed E-state index contributed by atoms with van der Waals surface area (Å²) in [5, 5.41) is 2.14. The second kappa shape index (κ2) is 2.70. The van der Waals surface area contributed by atoms with Crippen molar-refractivity contribution in [1.82, 2.24) is 0 Å². The van der Waals surface area contributed by atoms with Crippen LogP contribution in [0, 0.1) is 0 Å². The largest absolute Gasteiger partial charge is 0.501 e. The molecule has 0 radical (unpaired) electrons. The number of hydrogen-bond acceptors (Lipinski definition) is 2. The molecule has 1 aliphatic rings. The Labute approximate surface area is 70.3 Å². The van der Waals surface area contributed by atoms with Crippen molar-refractivity contribution in [3.63, 3.8) is 0 Å². The Balaban J connectivity index is 2.37. The maximum absolute atomic E-state index is 5.18. The minimum atomic E-state index is 1.06. The highest BCUT2D eigenvalue weighted by Gasteiger charge is 2.10. The van der Waals surface area contributed by atoms with Gasteiger partial charge in [0.1, 0.15) is 0 Å². The normalized spacial score (nSPS) is 15.5. The third kappa shape index (κ3) is 1.18. The lowest BCUT2D eigenvalue weighted by Gasteiger charge is -2.10. The summed E-state index contributed by atoms with van der Waals surface area (Å²) in [5.74, 6) is 1.11. The minimum Gasteiger partial charge on any atom is -0.501 e. The average Bonchev–Trinajstić information content (AvgIpc) is 2.50. The molecule has 58 valence electrons. The number of allylic oxidation sites excluding steroid dienone is 1. The SMILES string of the molecule is COC1=Cc2ccsc2CC1. The fourth-order valence-corrected chi connectivity index (χ4v) is 2.19. The van der Waals surface area contributed by atoms with Crippen LogP contribution in [0.3, 0.4) is 0 Å². The molecule has 1 nitrogen and oxygen atoms in total. The van der Waals surface area contributed by atoms with E-state index in [9.17, 15) is 0 Å². The topological polar surface area (TPSA) is 9.23 Å². The van der Waals surface area contributed by atoms with Gasteiger partial charge in [0.2, 0.25) is 0 Å². The van der Waals surface area contributed by atoms with Crippen LogP contribution in [0.2, 0.25) is 0 Å². The molecule has 0 saturated carbocycles. The number of aryl methyl sites for hydroxylation is 1. The second-order valence-electron chi connectivity index (χ2n) is 2.61. The van der Waals surface area contributed by atoms with Gasteiger partial charge in [0.25, 0.3) is 0 Å². The van der Waals surface area contributed by atoms with E-state index in [1.165, 1.54) is 10.4 Å². The molecular weight excluding hydrogens is 156 g/mol. The van der Waals surface area contributed by atoms with Crippen molar-refractivity contribution in [3.05, 3.63) is 27.6 Å². The third-order valence-electron chi connectivity index (χ3n) is 1.96. The summed E-state index contributed by atoms with van der Waals surface area (Å²) in [6.07, 6.45) is 4.34. The Morgan fingerprint density at radius 1 is 1.45 bits per heavy atom. The Morgan fingerprint density at radius 3 is 3.18 bits per heavy atom. The van der Waals surface area contributed by atoms with Crippen molar-refractivity contribution in [1.29, 1.82) is 0 Å². The van der Waals surface area contributed by atoms with Crippen LogP contribution in [-0.4, -0.2) is 7.11 Å². The Kier molecular flexibility index (Phi) is 1.70. The van der Waals surface area contributed by atoms with Crippen molar-refractivity contribution >= 4 is 17.4 Å². The summed E-state index contributed by atoms with van der Waals surface area (Å²) in [5.41, 5.74) is 1.35. The number of fused-ring (bicyclic) bond motifs is 1. The molecule has 0 bridgehead atoms. The first-order valence-corrected chi connectivity index (χ1v) is 4.59. The van der Waals surface area contributed by atoms with E-state index in [1.807, 2.05) is 11.3 Å². The van der Waals surface area contributed by atoms with Crippen LogP contribution in [0.15, 0.2) is 17.2 Å². The molecule has 11 heavy (non-hydrogen) atoms. The molecule has 1 aliphatic carbocycles. The molecule has 0 unspecified atom stereocenters. The summed E-state index contributed by atoms with van der Waals surface area (Å²) < 4.78 is 5.18. The maximum atomic E-state index is 5.18. The minimum absolute atomic E-state index is 1.06. The van der Waals surface area contributed by atoms with E-state index < -0.39 is 0 Å². The standard InChI is InChI=1S/C9H10OS/c1-10-8-2-3-9-7(6-8)4-5-11-9/h4-6H,2-3H2,1H3. The van der Waals surface area contributed by atoms with Gasteiger partial charge in [-0.25, -0.2) is 0 Å². The van der Waals surface area contributed by atoms with Gasteiger partial charge >= 0.3 is 0 Å². The quantitative estimate of drug-likeness (QED) is 0.623. The molecule has 1 aromatic rings. The molecule has 0 aromatic carbocycles. The number of thiophene rings is 1. The van der Waals surface area contributed by atoms with E-state index in [1.54, 1.807) is 7.11 Å². The van der Waals surface area contributed by atoms with E-state index in [0.29, 0.717) is 0 Å². The molecule has 0 amide bonds. The monoisotopic (exact) mass is 166 g/mol. The lowest BCUT2D eigenvalue weighted by atomic mass is 10.1. The van der Waals surface area contributed by atoms with Gasteiger partial charge in [-0.1, -0.05) is 0 Å². The first kappa shape index (κ1) is 6.92. The van der Waals surface area contributed by atoms with Crippen LogP contribution in [0.25, 0.3) is 6.08 Å². The van der Waals surface area contributed by atoms with Gasteiger partial charge in [-0.05, 0) is 29.5 Å². The molecule has 0 fully saturated rings. The molecule has 0 atom stereocenters. The van der Waals surface area contributed by atoms with Gasteiger partial charge in [0.15, 0.2) is 0 Å². The molecule has 1 heterocycles. The highest BCUT2D eigenvalue weighted by Crippen LogP contribution is 2.27. The van der Waals surface area contributed by atoms with Crippen LogP contribution in [0.4, 0.5) is 0 Å². The average molecular weight is 166 g/mol. The van der Waals surface area contributed by atoms with Crippen molar-refractivity contribution < 1.29 is 4.74 Å². The fourth-order valence-electron chi connectivity index (χ4n) is 1.33. The number of rotatable bonds is 1. The van der Waals surface area contributed by atoms with Gasteiger partial charge in [0, 0.05) is 11.3 Å². The fraction of sp³-hybridized carbons (Fsp3) is 0.333. The Hall–Kier alpha value is -0.760. The van der Waals surface area contributed by atoms with Crippen LogP contribution in [-0.2, 0) is 11.2 Å².